The molecule has 8 nitrogen and oxygen atoms in total. The second-order valence-electron chi connectivity index (χ2n) is 7.62. The van der Waals surface area contributed by atoms with Crippen LogP contribution in [0.15, 0.2) is 36.5 Å². The van der Waals surface area contributed by atoms with Crippen LogP contribution in [0.2, 0.25) is 0 Å². The van der Waals surface area contributed by atoms with Crippen LogP contribution in [0.1, 0.15) is 36.0 Å². The van der Waals surface area contributed by atoms with Gasteiger partial charge in [-0.1, -0.05) is 0 Å². The van der Waals surface area contributed by atoms with E-state index in [2.05, 4.69) is 15.6 Å². The zero-order chi connectivity index (χ0) is 23.1. The summed E-state index contributed by atoms with van der Waals surface area (Å²) in [7, 11) is 0. The molecule has 32 heavy (non-hydrogen) atoms. The topological polar surface area (TPSA) is 117 Å². The Morgan fingerprint density at radius 1 is 1.19 bits per heavy atom. The molecule has 0 radical (unpaired) electrons. The second-order valence-corrected chi connectivity index (χ2v) is 7.62. The average molecular weight is 445 g/mol. The van der Waals surface area contributed by atoms with Crippen LogP contribution in [0, 0.1) is 17.6 Å². The Bertz CT molecular complexity index is 984. The molecule has 1 atom stereocenters. The van der Waals surface area contributed by atoms with Crippen LogP contribution in [0.25, 0.3) is 0 Å². The second kappa shape index (κ2) is 10.7. The van der Waals surface area contributed by atoms with E-state index in [9.17, 15) is 23.2 Å². The Balaban J connectivity index is 1.41. The zero-order valence-electron chi connectivity index (χ0n) is 17.4. The molecule has 10 heteroatoms. The first-order chi connectivity index (χ1) is 15.3. The Labute approximate surface area is 184 Å². The van der Waals surface area contributed by atoms with E-state index in [1.165, 1.54) is 0 Å². The summed E-state index contributed by atoms with van der Waals surface area (Å²) in [6.07, 6.45) is 3.66. The van der Waals surface area contributed by atoms with Crippen molar-refractivity contribution >= 4 is 29.2 Å². The summed E-state index contributed by atoms with van der Waals surface area (Å²) in [4.78, 5) is 41.8. The van der Waals surface area contributed by atoms with Crippen LogP contribution >= 0.6 is 0 Å². The molecule has 1 aromatic carbocycles. The molecule has 0 aliphatic carbocycles. The fourth-order valence-electron chi connectivity index (χ4n) is 3.51. The number of hydrogen-bond donors (Lipinski definition) is 3. The van der Waals surface area contributed by atoms with Gasteiger partial charge in [-0.3, -0.25) is 14.4 Å². The van der Waals surface area contributed by atoms with Crippen molar-refractivity contribution in [1.82, 2.24) is 10.3 Å². The summed E-state index contributed by atoms with van der Waals surface area (Å²) in [6, 6.07) is 6.22. The van der Waals surface area contributed by atoms with E-state index in [0.717, 1.165) is 31.5 Å². The van der Waals surface area contributed by atoms with Crippen LogP contribution < -0.4 is 21.3 Å². The molecule has 1 unspecified atom stereocenters. The lowest BCUT2D eigenvalue weighted by Crippen LogP contribution is -2.41. The van der Waals surface area contributed by atoms with E-state index in [1.807, 2.05) is 4.90 Å². The number of aromatic nitrogens is 1. The first-order valence-electron chi connectivity index (χ1n) is 10.4. The standard InChI is InChI=1S/C22H25F2N5O3/c23-15-5-7-17(18(24)11-15)22(32)26-9-1-4-20(30)28-16-6-8-19(27-12-16)29-10-2-3-14(13-29)21(25)31/h5-8,11-12,14H,1-4,9-10,13H2,(H2,25,31)(H,26,32)(H,28,30). The molecule has 2 heterocycles. The van der Waals surface area contributed by atoms with Crippen LogP contribution in [0.5, 0.6) is 0 Å². The Kier molecular flexibility index (Phi) is 7.69. The summed E-state index contributed by atoms with van der Waals surface area (Å²) >= 11 is 0. The largest absolute Gasteiger partial charge is 0.369 e. The van der Waals surface area contributed by atoms with E-state index >= 15 is 0 Å². The number of hydrogen-bond acceptors (Lipinski definition) is 5. The van der Waals surface area contributed by atoms with Crippen molar-refractivity contribution in [2.24, 2.45) is 11.7 Å². The number of pyridine rings is 1. The molecule has 1 aliphatic heterocycles. The van der Waals surface area contributed by atoms with E-state index in [0.29, 0.717) is 30.5 Å². The van der Waals surface area contributed by atoms with E-state index in [1.54, 1.807) is 18.3 Å². The summed E-state index contributed by atoms with van der Waals surface area (Å²) in [5, 5.41) is 5.23. The third kappa shape index (κ3) is 6.22. The molecule has 0 spiro atoms. The SMILES string of the molecule is NC(=O)C1CCCN(c2ccc(NC(=O)CCCNC(=O)c3ccc(F)cc3F)cn2)C1. The van der Waals surface area contributed by atoms with Gasteiger partial charge >= 0.3 is 0 Å². The highest BCUT2D eigenvalue weighted by atomic mass is 19.1. The van der Waals surface area contributed by atoms with Crippen molar-refractivity contribution in [3.05, 3.63) is 53.7 Å². The third-order valence-corrected chi connectivity index (χ3v) is 5.22. The lowest BCUT2D eigenvalue weighted by atomic mass is 9.97. The molecule has 0 saturated carbocycles. The molecular formula is C22H25F2N5O3. The number of primary amides is 1. The first-order valence-corrected chi connectivity index (χ1v) is 10.4. The van der Waals surface area contributed by atoms with Gasteiger partial charge in [-0.2, -0.15) is 0 Å². The van der Waals surface area contributed by atoms with Crippen molar-refractivity contribution < 1.29 is 23.2 Å². The predicted octanol–water partition coefficient (Wildman–Crippen LogP) is 2.21. The van der Waals surface area contributed by atoms with E-state index in [-0.39, 0.29) is 36.3 Å². The minimum atomic E-state index is -0.939. The summed E-state index contributed by atoms with van der Waals surface area (Å²) in [6.45, 7) is 1.48. The van der Waals surface area contributed by atoms with Gasteiger partial charge in [0.1, 0.15) is 17.5 Å². The highest BCUT2D eigenvalue weighted by Crippen LogP contribution is 2.22. The maximum atomic E-state index is 13.6. The van der Waals surface area contributed by atoms with Crippen molar-refractivity contribution in [2.75, 3.05) is 29.9 Å². The smallest absolute Gasteiger partial charge is 0.254 e. The molecule has 0 bridgehead atoms. The van der Waals surface area contributed by atoms with Crippen molar-refractivity contribution in [3.8, 4) is 0 Å². The Morgan fingerprint density at radius 3 is 2.69 bits per heavy atom. The molecule has 1 saturated heterocycles. The van der Waals surface area contributed by atoms with Crippen LogP contribution in [0.4, 0.5) is 20.3 Å². The van der Waals surface area contributed by atoms with Crippen LogP contribution in [-0.4, -0.2) is 42.3 Å². The van der Waals surface area contributed by atoms with Gasteiger partial charge in [-0.25, -0.2) is 13.8 Å². The quantitative estimate of drug-likeness (QED) is 0.539. The monoisotopic (exact) mass is 445 g/mol. The van der Waals surface area contributed by atoms with Gasteiger partial charge in [0, 0.05) is 32.1 Å². The first kappa shape index (κ1) is 23.1. The molecule has 1 aliphatic rings. The Morgan fingerprint density at radius 2 is 2.00 bits per heavy atom. The number of amides is 3. The molecule has 1 aromatic heterocycles. The summed E-state index contributed by atoms with van der Waals surface area (Å²) in [5.74, 6) is -2.41. The molecule has 3 rings (SSSR count). The van der Waals surface area contributed by atoms with Gasteiger partial charge in [-0.15, -0.1) is 0 Å². The van der Waals surface area contributed by atoms with Gasteiger partial charge in [0.05, 0.1) is 23.4 Å². The fourth-order valence-corrected chi connectivity index (χ4v) is 3.51. The molecule has 4 N–H and O–H groups in total. The molecule has 170 valence electrons. The fraction of sp³-hybridized carbons (Fsp3) is 0.364. The minimum absolute atomic E-state index is 0.139. The number of benzene rings is 1. The lowest BCUT2D eigenvalue weighted by molar-refractivity contribution is -0.122. The number of nitrogens with two attached hydrogens (primary N) is 1. The lowest BCUT2D eigenvalue weighted by Gasteiger charge is -2.32. The highest BCUT2D eigenvalue weighted by Gasteiger charge is 2.24. The molecule has 2 aromatic rings. The van der Waals surface area contributed by atoms with Gasteiger partial charge in [0.2, 0.25) is 11.8 Å². The summed E-state index contributed by atoms with van der Waals surface area (Å²) in [5.41, 5.74) is 5.68. The van der Waals surface area contributed by atoms with Gasteiger partial charge in [0.25, 0.3) is 5.91 Å². The molecular weight excluding hydrogens is 420 g/mol. The normalized spacial score (nSPS) is 15.8. The summed E-state index contributed by atoms with van der Waals surface area (Å²) < 4.78 is 26.5. The third-order valence-electron chi connectivity index (χ3n) is 5.22. The number of rotatable bonds is 8. The van der Waals surface area contributed by atoms with Crippen molar-refractivity contribution in [3.63, 3.8) is 0 Å². The van der Waals surface area contributed by atoms with Gasteiger partial charge < -0.3 is 21.3 Å². The van der Waals surface area contributed by atoms with Gasteiger partial charge in [0.15, 0.2) is 0 Å². The number of nitrogens with one attached hydrogen (secondary N) is 2. The van der Waals surface area contributed by atoms with E-state index in [4.69, 9.17) is 5.73 Å². The molecule has 1 fully saturated rings. The predicted molar refractivity (Wildman–Crippen MR) is 115 cm³/mol. The number of piperidine rings is 1. The number of anilines is 2. The zero-order valence-corrected chi connectivity index (χ0v) is 17.4. The van der Waals surface area contributed by atoms with E-state index < -0.39 is 17.5 Å². The van der Waals surface area contributed by atoms with Crippen LogP contribution in [-0.2, 0) is 9.59 Å². The number of carbonyl (C=O) groups excluding carboxylic acids is 3. The number of carbonyl (C=O) groups is 3. The maximum Gasteiger partial charge on any atom is 0.254 e. The number of nitrogens with zero attached hydrogens (tertiary/aromatic N) is 2. The highest BCUT2D eigenvalue weighted by molar-refractivity contribution is 5.94. The average Bonchev–Trinajstić information content (AvgIpc) is 2.77. The van der Waals surface area contributed by atoms with Crippen LogP contribution in [0.3, 0.4) is 0 Å². The van der Waals surface area contributed by atoms with Crippen molar-refractivity contribution in [2.45, 2.75) is 25.7 Å². The maximum absolute atomic E-state index is 13.6. The number of halogens is 2. The molecule has 3 amide bonds. The minimum Gasteiger partial charge on any atom is -0.369 e. The van der Waals surface area contributed by atoms with Crippen molar-refractivity contribution in [1.29, 1.82) is 0 Å². The van der Waals surface area contributed by atoms with Gasteiger partial charge in [-0.05, 0) is 43.5 Å². The Hall–Kier alpha value is -3.56.